The van der Waals surface area contributed by atoms with Gasteiger partial charge in [0.15, 0.2) is 11.2 Å². The Balaban J connectivity index is 0.859. The first kappa shape index (κ1) is 33.7. The maximum absolute atomic E-state index is 9.55. The second kappa shape index (κ2) is 15.4. The smallest absolute Gasteiger partial charge is 0.159 e. The molecule has 13 rings (SSSR count). The third-order valence-electron chi connectivity index (χ3n) is 12.7. The predicted molar refractivity (Wildman–Crippen MR) is 276 cm³/mol. The molecule has 0 aliphatic heterocycles. The Morgan fingerprint density at radius 1 is 0.288 bits per heavy atom. The summed E-state index contributed by atoms with van der Waals surface area (Å²) in [6.07, 6.45) is 0. The van der Waals surface area contributed by atoms with Gasteiger partial charge in [-0.25, -0.2) is 0 Å². The summed E-state index contributed by atoms with van der Waals surface area (Å²) in [6, 6.07) is 72.5. The second-order valence-corrected chi connectivity index (χ2v) is 16.6. The van der Waals surface area contributed by atoms with Crippen molar-refractivity contribution < 1.29 is 14.3 Å². The Morgan fingerprint density at radius 3 is 1.14 bits per heavy atom. The van der Waals surface area contributed by atoms with Crippen molar-refractivity contribution in [2.75, 3.05) is 9.80 Å². The second-order valence-electron chi connectivity index (χ2n) is 16.6. The highest BCUT2D eigenvalue weighted by Gasteiger charge is 2.22. The van der Waals surface area contributed by atoms with E-state index in [2.05, 4.69) is 108 Å². The minimum Gasteiger partial charge on any atom is -0.454 e. The van der Waals surface area contributed by atoms with Crippen molar-refractivity contribution in [1.29, 1.82) is 0 Å². The zero-order chi connectivity index (χ0) is 47.0. The van der Waals surface area contributed by atoms with Crippen LogP contribution in [0.2, 0.25) is 0 Å². The average Bonchev–Trinajstić information content (AvgIpc) is 3.97. The third kappa shape index (κ3) is 6.38. The van der Waals surface area contributed by atoms with E-state index < -0.39 is 0 Å². The molecule has 4 nitrogen and oxygen atoms in total. The Bertz CT molecular complexity index is 4140. The fourth-order valence-corrected chi connectivity index (χ4v) is 9.45. The van der Waals surface area contributed by atoms with Crippen molar-refractivity contribution in [3.63, 3.8) is 0 Å². The molecule has 0 fully saturated rings. The SMILES string of the molecule is [2H]c1c([2H])c(N(c2ccccc2)c2cccc3c2oc2cc4ccccc4cc23)c([2H])c([2H])c1-c1ccc(-c2ccc(N(c3ccccc3)c3cccc4c3oc3cc5ccccc5cc34)cc2)cc1. The number of nitrogens with zero attached hydrogens (tertiary/aromatic N) is 2. The van der Waals surface area contributed by atoms with Crippen LogP contribution in [-0.2, 0) is 0 Å². The topological polar surface area (TPSA) is 32.8 Å². The van der Waals surface area contributed by atoms with Gasteiger partial charge in [-0.3, -0.25) is 0 Å². The fraction of sp³-hybridized carbons (Fsp3) is 0. The molecular formula is C62H40N2O2. The van der Waals surface area contributed by atoms with Gasteiger partial charge in [0.2, 0.25) is 0 Å². The molecule has 0 saturated heterocycles. The zero-order valence-electron chi connectivity index (χ0n) is 39.5. The van der Waals surface area contributed by atoms with E-state index in [0.29, 0.717) is 22.5 Å². The van der Waals surface area contributed by atoms with E-state index in [-0.39, 0.29) is 35.4 Å². The lowest BCUT2D eigenvalue weighted by Crippen LogP contribution is -2.10. The number of fused-ring (bicyclic) bond motifs is 8. The van der Waals surface area contributed by atoms with E-state index in [0.717, 1.165) is 82.6 Å². The van der Waals surface area contributed by atoms with Gasteiger partial charge in [0.1, 0.15) is 11.2 Å². The first-order chi connectivity index (χ1) is 34.4. The molecule has 0 amide bonds. The van der Waals surface area contributed by atoms with Gasteiger partial charge >= 0.3 is 0 Å². The Morgan fingerprint density at radius 2 is 0.667 bits per heavy atom. The molecule has 0 aliphatic rings. The largest absolute Gasteiger partial charge is 0.454 e. The lowest BCUT2D eigenvalue weighted by Gasteiger charge is -2.25. The summed E-state index contributed by atoms with van der Waals surface area (Å²) in [4.78, 5) is 4.01. The van der Waals surface area contributed by atoms with Crippen LogP contribution in [0.15, 0.2) is 251 Å². The van der Waals surface area contributed by atoms with Crippen molar-refractivity contribution in [2.45, 2.75) is 0 Å². The third-order valence-corrected chi connectivity index (χ3v) is 12.7. The zero-order valence-corrected chi connectivity index (χ0v) is 35.5. The summed E-state index contributed by atoms with van der Waals surface area (Å²) in [5, 5.41) is 8.43. The van der Waals surface area contributed by atoms with Crippen molar-refractivity contribution in [1.82, 2.24) is 0 Å². The molecule has 4 heteroatoms. The minimum atomic E-state index is -0.159. The molecule has 0 radical (unpaired) electrons. The molecule has 66 heavy (non-hydrogen) atoms. The van der Waals surface area contributed by atoms with Crippen LogP contribution in [0.4, 0.5) is 34.1 Å². The summed E-state index contributed by atoms with van der Waals surface area (Å²) in [5.41, 5.74) is 10.0. The molecule has 0 unspecified atom stereocenters. The van der Waals surface area contributed by atoms with Crippen molar-refractivity contribution in [3.05, 3.63) is 243 Å². The fourth-order valence-electron chi connectivity index (χ4n) is 9.45. The highest BCUT2D eigenvalue weighted by atomic mass is 16.3. The van der Waals surface area contributed by atoms with Gasteiger partial charge in [-0.1, -0.05) is 158 Å². The molecule has 310 valence electrons. The first-order valence-corrected chi connectivity index (χ1v) is 22.1. The van der Waals surface area contributed by atoms with Crippen LogP contribution in [0.25, 0.3) is 87.7 Å². The molecule has 0 bridgehead atoms. The van der Waals surface area contributed by atoms with Gasteiger partial charge in [0.25, 0.3) is 0 Å². The number of rotatable bonds is 8. The first-order valence-electron chi connectivity index (χ1n) is 24.1. The van der Waals surface area contributed by atoms with Crippen LogP contribution in [0, 0.1) is 0 Å². The van der Waals surface area contributed by atoms with E-state index in [1.807, 2.05) is 115 Å². The number of para-hydroxylation sites is 4. The maximum atomic E-state index is 9.55. The van der Waals surface area contributed by atoms with Crippen molar-refractivity contribution >= 4 is 99.5 Å². The number of anilines is 6. The summed E-state index contributed by atoms with van der Waals surface area (Å²) < 4.78 is 51.3. The number of hydrogen-bond acceptors (Lipinski definition) is 4. The Kier molecular flexibility index (Phi) is 7.88. The average molecular weight is 849 g/mol. The number of furan rings is 2. The lowest BCUT2D eigenvalue weighted by atomic mass is 9.99. The predicted octanol–water partition coefficient (Wildman–Crippen LogP) is 18.1. The summed E-state index contributed by atoms with van der Waals surface area (Å²) in [7, 11) is 0. The normalized spacial score (nSPS) is 12.5. The summed E-state index contributed by atoms with van der Waals surface area (Å²) in [6.45, 7) is 0. The van der Waals surface area contributed by atoms with Crippen LogP contribution in [-0.4, -0.2) is 0 Å². The maximum Gasteiger partial charge on any atom is 0.159 e. The number of benzene rings is 11. The van der Waals surface area contributed by atoms with Gasteiger partial charge in [-0.2, -0.15) is 0 Å². The molecule has 2 heterocycles. The molecule has 2 aromatic heterocycles. The summed E-state index contributed by atoms with van der Waals surface area (Å²) >= 11 is 0. The van der Waals surface area contributed by atoms with Gasteiger partial charge in [-0.05, 0) is 129 Å². The van der Waals surface area contributed by atoms with Crippen molar-refractivity contribution in [2.24, 2.45) is 0 Å². The van der Waals surface area contributed by atoms with Gasteiger partial charge in [-0.15, -0.1) is 0 Å². The molecule has 0 atom stereocenters. The van der Waals surface area contributed by atoms with E-state index in [1.165, 1.54) is 5.39 Å². The van der Waals surface area contributed by atoms with Crippen LogP contribution < -0.4 is 9.80 Å². The molecular weight excluding hydrogens is 805 g/mol. The standard InChI is InChI=1S/C62H40N2O2/c1-3-17-49(18-4-1)63(57-23-11-21-53-55-37-45-13-7-9-15-47(45)39-59(55)65-61(53)57)51-33-29-43(30-34-51)41-25-27-42(28-26-41)44-31-35-52(36-32-44)64(50-19-5-2-6-20-50)58-24-12-22-54-56-38-46-14-8-10-16-48(46)40-60(56)66-62(54)58/h1-40H/i29D,30D,33D,34D. The quantitative estimate of drug-likeness (QED) is 0.152. The molecule has 0 saturated carbocycles. The number of hydrogen-bond donors (Lipinski definition) is 0. The Labute approximate surface area is 387 Å². The molecule has 0 aliphatic carbocycles. The Hall–Kier alpha value is -8.86. The molecule has 0 N–H and O–H groups in total. The molecule has 0 spiro atoms. The molecule has 13 aromatic rings. The lowest BCUT2D eigenvalue weighted by molar-refractivity contribution is 0.669. The van der Waals surface area contributed by atoms with E-state index >= 15 is 0 Å². The van der Waals surface area contributed by atoms with Crippen LogP contribution in [0.5, 0.6) is 0 Å². The van der Waals surface area contributed by atoms with E-state index in [4.69, 9.17) is 8.83 Å². The monoisotopic (exact) mass is 848 g/mol. The van der Waals surface area contributed by atoms with Gasteiger partial charge in [0.05, 0.1) is 16.9 Å². The van der Waals surface area contributed by atoms with Crippen LogP contribution in [0.3, 0.4) is 0 Å². The van der Waals surface area contributed by atoms with Gasteiger partial charge < -0.3 is 18.6 Å². The highest BCUT2D eigenvalue weighted by Crippen LogP contribution is 2.45. The van der Waals surface area contributed by atoms with Crippen LogP contribution >= 0.6 is 0 Å². The van der Waals surface area contributed by atoms with Gasteiger partial charge in [0, 0.05) is 44.3 Å². The van der Waals surface area contributed by atoms with E-state index in [1.54, 1.807) is 4.90 Å². The van der Waals surface area contributed by atoms with Crippen molar-refractivity contribution in [3.8, 4) is 22.3 Å². The molecule has 11 aromatic carbocycles. The van der Waals surface area contributed by atoms with Crippen LogP contribution in [0.1, 0.15) is 5.48 Å². The van der Waals surface area contributed by atoms with E-state index in [9.17, 15) is 5.48 Å². The summed E-state index contributed by atoms with van der Waals surface area (Å²) in [5.74, 6) is 0. The highest BCUT2D eigenvalue weighted by molar-refractivity contribution is 6.15. The minimum absolute atomic E-state index is 0.134.